The van der Waals surface area contributed by atoms with Crippen molar-refractivity contribution < 1.29 is 71.6 Å². The second-order valence-corrected chi connectivity index (χ2v) is 9.80. The minimum atomic E-state index is -1.13. The van der Waals surface area contributed by atoms with Crippen molar-refractivity contribution >= 4 is 23.5 Å². The highest BCUT2D eigenvalue weighted by atomic mass is 16.6. The molecule has 0 aliphatic rings. The zero-order valence-electron chi connectivity index (χ0n) is 28.5. The van der Waals surface area contributed by atoms with Crippen LogP contribution in [0.5, 0.6) is 5.75 Å². The van der Waals surface area contributed by atoms with Gasteiger partial charge in [0.05, 0.1) is 119 Å². The molecule has 0 atom stereocenters. The van der Waals surface area contributed by atoms with Crippen molar-refractivity contribution in [3.05, 3.63) is 24.3 Å². The number of carboxylic acid groups (broad SMARTS) is 1. The lowest BCUT2D eigenvalue weighted by atomic mass is 10.3. The number of carbonyl (C=O) groups excluding carboxylic acids is 2. The summed E-state index contributed by atoms with van der Waals surface area (Å²) in [6.07, 6.45) is 0. The number of nitrogens with one attached hydrogen (secondary N) is 2. The molecule has 17 heteroatoms. The van der Waals surface area contributed by atoms with Gasteiger partial charge in [-0.3, -0.25) is 9.59 Å². The Morgan fingerprint density at radius 1 is 0.510 bits per heavy atom. The fraction of sp³-hybridized carbons (Fsp3) is 0.719. The number of ether oxygens (including phenoxy) is 11. The number of carboxylic acids is 1. The fourth-order valence-corrected chi connectivity index (χ4v) is 3.46. The molecule has 49 heavy (non-hydrogen) atoms. The molecule has 17 nitrogen and oxygen atoms in total. The summed E-state index contributed by atoms with van der Waals surface area (Å²) in [4.78, 5) is 32.7. The Bertz CT molecular complexity index is 940. The summed E-state index contributed by atoms with van der Waals surface area (Å²) < 4.78 is 59.2. The van der Waals surface area contributed by atoms with E-state index >= 15 is 0 Å². The molecule has 1 rings (SSSR count). The topological polar surface area (TPSA) is 197 Å². The van der Waals surface area contributed by atoms with Gasteiger partial charge < -0.3 is 67.8 Å². The summed E-state index contributed by atoms with van der Waals surface area (Å²) in [7, 11) is 0. The van der Waals surface area contributed by atoms with Crippen LogP contribution in [0.25, 0.3) is 0 Å². The van der Waals surface area contributed by atoms with Crippen LogP contribution >= 0.6 is 0 Å². The molecule has 0 aliphatic heterocycles. The molecule has 0 radical (unpaired) electrons. The number of hydrogen-bond donors (Lipinski definition) is 3. The lowest BCUT2D eigenvalue weighted by molar-refractivity contribution is -0.143. The minimum Gasteiger partial charge on any atom is -0.491 e. The third kappa shape index (κ3) is 32.0. The van der Waals surface area contributed by atoms with E-state index in [2.05, 4.69) is 15.4 Å². The van der Waals surface area contributed by atoms with Crippen LogP contribution in [0.4, 0.5) is 5.69 Å². The van der Waals surface area contributed by atoms with Gasteiger partial charge in [0.1, 0.15) is 25.6 Å². The lowest BCUT2D eigenvalue weighted by Gasteiger charge is -2.09. The number of benzene rings is 1. The Hall–Kier alpha value is -2.97. The molecule has 282 valence electrons. The number of hydrogen-bond acceptors (Lipinski definition) is 14. The van der Waals surface area contributed by atoms with Crippen molar-refractivity contribution in [3.8, 4) is 5.75 Å². The highest BCUT2D eigenvalue weighted by Crippen LogP contribution is 2.15. The number of amides is 2. The third-order valence-corrected chi connectivity index (χ3v) is 5.67. The maximum absolute atomic E-state index is 11.4. The Morgan fingerprint density at radius 3 is 1.24 bits per heavy atom. The molecule has 3 N–H and O–H groups in total. The van der Waals surface area contributed by atoms with Crippen LogP contribution < -0.4 is 15.4 Å². The molecule has 0 unspecified atom stereocenters. The molecule has 1 aromatic rings. The van der Waals surface area contributed by atoms with E-state index in [1.807, 2.05) is 0 Å². The Labute approximate surface area is 288 Å². The van der Waals surface area contributed by atoms with Crippen molar-refractivity contribution in [1.82, 2.24) is 5.32 Å². The van der Waals surface area contributed by atoms with E-state index in [1.165, 1.54) is 6.92 Å². The van der Waals surface area contributed by atoms with Gasteiger partial charge in [-0.1, -0.05) is 0 Å². The predicted octanol–water partition coefficient (Wildman–Crippen LogP) is 0.391. The monoisotopic (exact) mass is 706 g/mol. The van der Waals surface area contributed by atoms with Crippen molar-refractivity contribution in [1.29, 1.82) is 0 Å². The Balaban J connectivity index is 1.67. The number of rotatable bonds is 36. The fourth-order valence-electron chi connectivity index (χ4n) is 3.46. The van der Waals surface area contributed by atoms with Gasteiger partial charge >= 0.3 is 5.97 Å². The van der Waals surface area contributed by atoms with Gasteiger partial charge in [0, 0.05) is 19.2 Å². The highest BCUT2D eigenvalue weighted by Gasteiger charge is 2.03. The van der Waals surface area contributed by atoms with E-state index in [9.17, 15) is 14.4 Å². The number of aliphatic carboxylic acids is 1. The second kappa shape index (κ2) is 33.5. The normalized spacial score (nSPS) is 11.0. The molecule has 1 aromatic carbocycles. The molecule has 0 fully saturated rings. The van der Waals surface area contributed by atoms with Crippen molar-refractivity contribution in [2.75, 3.05) is 151 Å². The minimum absolute atomic E-state index is 0.116. The van der Waals surface area contributed by atoms with Gasteiger partial charge in [0.25, 0.3) is 0 Å². The number of anilines is 1. The van der Waals surface area contributed by atoms with Crippen LogP contribution in [-0.4, -0.2) is 168 Å². The molecule has 0 heterocycles. The van der Waals surface area contributed by atoms with Crippen LogP contribution in [0, 0.1) is 0 Å². The predicted molar refractivity (Wildman–Crippen MR) is 175 cm³/mol. The quantitative estimate of drug-likeness (QED) is 0.0810. The Kier molecular flexibility index (Phi) is 30.1. The number of carbonyl (C=O) groups is 3. The van der Waals surface area contributed by atoms with E-state index < -0.39 is 18.5 Å². The van der Waals surface area contributed by atoms with E-state index in [0.717, 1.165) is 5.69 Å². The maximum Gasteiger partial charge on any atom is 0.329 e. The van der Waals surface area contributed by atoms with Crippen LogP contribution in [-0.2, 0) is 61.8 Å². The molecule has 2 amide bonds. The summed E-state index contributed by atoms with van der Waals surface area (Å²) in [6.45, 7) is 9.37. The van der Waals surface area contributed by atoms with Gasteiger partial charge in [-0.2, -0.15) is 0 Å². The molecular weight excluding hydrogens is 652 g/mol. The van der Waals surface area contributed by atoms with Gasteiger partial charge in [0.15, 0.2) is 0 Å². The first-order valence-electron chi connectivity index (χ1n) is 16.2. The lowest BCUT2D eigenvalue weighted by Crippen LogP contribution is -2.31. The van der Waals surface area contributed by atoms with Crippen molar-refractivity contribution in [3.63, 3.8) is 0 Å². The largest absolute Gasteiger partial charge is 0.491 e. The zero-order valence-corrected chi connectivity index (χ0v) is 28.5. The standard InChI is InChI=1S/C32H54N2O15/c1-28(35)34-29-2-4-30(5-3-29)49-25-24-47-23-22-46-21-20-45-19-18-44-17-16-43-15-14-42-13-12-41-11-10-40-9-8-39-7-6-33-31(36)26-48-27-32(37)38/h2-5H,6-27H2,1H3,(H,33,36)(H,34,35)(H,37,38). The molecule has 0 aromatic heterocycles. The van der Waals surface area contributed by atoms with Crippen LogP contribution in [0.2, 0.25) is 0 Å². The summed E-state index contributed by atoms with van der Waals surface area (Å²) in [5.41, 5.74) is 0.723. The van der Waals surface area contributed by atoms with Gasteiger partial charge in [-0.05, 0) is 24.3 Å². The van der Waals surface area contributed by atoms with Gasteiger partial charge in [-0.25, -0.2) is 4.79 Å². The van der Waals surface area contributed by atoms with E-state index in [-0.39, 0.29) is 12.5 Å². The molecule has 0 spiro atoms. The first-order chi connectivity index (χ1) is 24.0. The van der Waals surface area contributed by atoms with Crippen LogP contribution in [0.1, 0.15) is 6.92 Å². The Morgan fingerprint density at radius 2 is 0.878 bits per heavy atom. The first-order valence-corrected chi connectivity index (χ1v) is 16.2. The average molecular weight is 707 g/mol. The first kappa shape index (κ1) is 44.1. The van der Waals surface area contributed by atoms with Crippen molar-refractivity contribution in [2.45, 2.75) is 6.92 Å². The summed E-state index contributed by atoms with van der Waals surface area (Å²) >= 11 is 0. The second-order valence-electron chi connectivity index (χ2n) is 9.80. The summed E-state index contributed by atoms with van der Waals surface area (Å²) in [5.74, 6) is -0.936. The smallest absolute Gasteiger partial charge is 0.329 e. The molecule has 0 bridgehead atoms. The summed E-state index contributed by atoms with van der Waals surface area (Å²) in [6, 6.07) is 7.14. The molecular formula is C32H54N2O15. The zero-order chi connectivity index (χ0) is 35.5. The SMILES string of the molecule is CC(=O)Nc1ccc(OCCOCCOCCOCCOCCOCCOCCOCCOCCOCCNC(=O)COCC(=O)O)cc1. The van der Waals surface area contributed by atoms with Crippen LogP contribution in [0.15, 0.2) is 24.3 Å². The van der Waals surface area contributed by atoms with E-state index in [1.54, 1.807) is 24.3 Å². The molecule has 0 saturated carbocycles. The highest BCUT2D eigenvalue weighted by molar-refractivity contribution is 5.88. The molecule has 0 saturated heterocycles. The van der Waals surface area contributed by atoms with Crippen LogP contribution in [0.3, 0.4) is 0 Å². The van der Waals surface area contributed by atoms with Gasteiger partial charge in [-0.15, -0.1) is 0 Å². The summed E-state index contributed by atoms with van der Waals surface area (Å²) in [5, 5.41) is 13.7. The maximum atomic E-state index is 11.4. The van der Waals surface area contributed by atoms with E-state index in [0.29, 0.717) is 138 Å². The average Bonchev–Trinajstić information content (AvgIpc) is 3.07. The third-order valence-electron chi connectivity index (χ3n) is 5.67. The van der Waals surface area contributed by atoms with Gasteiger partial charge in [0.2, 0.25) is 11.8 Å². The van der Waals surface area contributed by atoms with Crippen molar-refractivity contribution in [2.24, 2.45) is 0 Å². The molecule has 0 aliphatic carbocycles. The van der Waals surface area contributed by atoms with E-state index in [4.69, 9.17) is 52.5 Å².